The second kappa shape index (κ2) is 4.82. The molecule has 1 aromatic carbocycles. The summed E-state index contributed by atoms with van der Waals surface area (Å²) in [6.07, 6.45) is 0. The van der Waals surface area contributed by atoms with Gasteiger partial charge >= 0.3 is 0 Å². The van der Waals surface area contributed by atoms with Gasteiger partial charge in [-0.15, -0.1) is 10.1 Å². The quantitative estimate of drug-likeness (QED) is 0.420. The molecule has 16 heavy (non-hydrogen) atoms. The first-order valence-electron chi connectivity index (χ1n) is 4.05. The number of hydrogen-bond acceptors (Lipinski definition) is 6. The van der Waals surface area contributed by atoms with Crippen LogP contribution in [-0.2, 0) is 4.84 Å². The van der Waals surface area contributed by atoms with Gasteiger partial charge in [0.1, 0.15) is 0 Å². The van der Waals surface area contributed by atoms with E-state index in [2.05, 4.69) is 4.84 Å². The van der Waals surface area contributed by atoms with Crippen LogP contribution in [0.3, 0.4) is 0 Å². The monoisotopic (exact) mass is 226 g/mol. The van der Waals surface area contributed by atoms with Gasteiger partial charge in [-0.25, -0.2) is 0 Å². The summed E-state index contributed by atoms with van der Waals surface area (Å²) in [5.74, 6) is -0.619. The van der Waals surface area contributed by atoms with Crippen molar-refractivity contribution in [2.75, 3.05) is 6.61 Å². The standard InChI is InChI=1S/C8H6N2O6/c11-8(5-16-10(14)15)6-1-3-7(4-2-6)9(12)13/h1-4H,5H2. The third-order valence-electron chi connectivity index (χ3n) is 1.70. The van der Waals surface area contributed by atoms with E-state index in [1.54, 1.807) is 0 Å². The Morgan fingerprint density at radius 1 is 1.19 bits per heavy atom. The van der Waals surface area contributed by atoms with Gasteiger partial charge in [0.05, 0.1) is 4.92 Å². The van der Waals surface area contributed by atoms with Crippen LogP contribution in [0.2, 0.25) is 0 Å². The van der Waals surface area contributed by atoms with Crippen LogP contribution in [0.4, 0.5) is 5.69 Å². The van der Waals surface area contributed by atoms with Crippen molar-refractivity contribution in [1.29, 1.82) is 0 Å². The van der Waals surface area contributed by atoms with E-state index in [0.717, 1.165) is 12.1 Å². The van der Waals surface area contributed by atoms with Crippen molar-refractivity contribution in [3.8, 4) is 0 Å². The lowest BCUT2D eigenvalue weighted by Crippen LogP contribution is -2.12. The second-order valence-electron chi connectivity index (χ2n) is 2.72. The number of hydrogen-bond donors (Lipinski definition) is 0. The molecule has 1 rings (SSSR count). The van der Waals surface area contributed by atoms with Gasteiger partial charge in [0, 0.05) is 17.7 Å². The van der Waals surface area contributed by atoms with Crippen LogP contribution in [0.5, 0.6) is 0 Å². The average molecular weight is 226 g/mol. The number of non-ortho nitro benzene ring substituents is 1. The molecule has 0 heterocycles. The van der Waals surface area contributed by atoms with Gasteiger partial charge in [-0.1, -0.05) is 0 Å². The van der Waals surface area contributed by atoms with Crippen LogP contribution in [0.1, 0.15) is 10.4 Å². The molecule has 0 saturated carbocycles. The molecule has 0 saturated heterocycles. The second-order valence-corrected chi connectivity index (χ2v) is 2.72. The minimum atomic E-state index is -1.08. The zero-order valence-corrected chi connectivity index (χ0v) is 7.86. The molecule has 0 fully saturated rings. The third kappa shape index (κ3) is 3.01. The zero-order valence-electron chi connectivity index (χ0n) is 7.86. The molecular formula is C8H6N2O6. The summed E-state index contributed by atoms with van der Waals surface area (Å²) >= 11 is 0. The number of carbonyl (C=O) groups excluding carboxylic acids is 1. The lowest BCUT2D eigenvalue weighted by molar-refractivity contribution is -0.754. The van der Waals surface area contributed by atoms with E-state index < -0.39 is 22.4 Å². The molecule has 0 amide bonds. The van der Waals surface area contributed by atoms with Crippen molar-refractivity contribution in [2.24, 2.45) is 0 Å². The Balaban J connectivity index is 2.70. The summed E-state index contributed by atoms with van der Waals surface area (Å²) in [6.45, 7) is -0.704. The zero-order chi connectivity index (χ0) is 12.1. The third-order valence-corrected chi connectivity index (χ3v) is 1.70. The minimum Gasteiger partial charge on any atom is -0.306 e. The van der Waals surface area contributed by atoms with Crippen molar-refractivity contribution in [1.82, 2.24) is 0 Å². The maximum absolute atomic E-state index is 11.2. The molecule has 0 aliphatic heterocycles. The highest BCUT2D eigenvalue weighted by Gasteiger charge is 2.10. The molecule has 1 aromatic rings. The molecule has 0 aliphatic rings. The topological polar surface area (TPSA) is 113 Å². The lowest BCUT2D eigenvalue weighted by Gasteiger charge is -1.99. The predicted octanol–water partition coefficient (Wildman–Crippen LogP) is 0.986. The van der Waals surface area contributed by atoms with Crippen molar-refractivity contribution in [2.45, 2.75) is 0 Å². The van der Waals surface area contributed by atoms with Gasteiger partial charge in [-0.2, -0.15) is 0 Å². The molecular weight excluding hydrogens is 220 g/mol. The molecule has 0 atom stereocenters. The normalized spacial score (nSPS) is 9.50. The van der Waals surface area contributed by atoms with Crippen LogP contribution in [-0.4, -0.2) is 22.4 Å². The van der Waals surface area contributed by atoms with E-state index in [4.69, 9.17) is 0 Å². The summed E-state index contributed by atoms with van der Waals surface area (Å²) in [4.78, 5) is 34.6. The highest BCUT2D eigenvalue weighted by atomic mass is 16.9. The summed E-state index contributed by atoms with van der Waals surface area (Å²) in [7, 11) is 0. The highest BCUT2D eigenvalue weighted by Crippen LogP contribution is 2.12. The summed E-state index contributed by atoms with van der Waals surface area (Å²) < 4.78 is 0. The van der Waals surface area contributed by atoms with Gasteiger partial charge in [-0.3, -0.25) is 14.9 Å². The fraction of sp³-hybridized carbons (Fsp3) is 0.125. The molecule has 0 aliphatic carbocycles. The number of rotatable bonds is 5. The van der Waals surface area contributed by atoms with Crippen LogP contribution < -0.4 is 0 Å². The first-order chi connectivity index (χ1) is 7.50. The van der Waals surface area contributed by atoms with E-state index in [0.29, 0.717) is 0 Å². The fourth-order valence-electron chi connectivity index (χ4n) is 0.964. The Bertz CT molecular complexity index is 427. The summed E-state index contributed by atoms with van der Waals surface area (Å²) in [6, 6.07) is 4.70. The molecule has 0 bridgehead atoms. The summed E-state index contributed by atoms with van der Waals surface area (Å²) in [5.41, 5.74) is -0.0424. The lowest BCUT2D eigenvalue weighted by atomic mass is 10.1. The molecule has 0 radical (unpaired) electrons. The van der Waals surface area contributed by atoms with Crippen LogP contribution in [0.15, 0.2) is 24.3 Å². The maximum atomic E-state index is 11.2. The number of nitrogens with zero attached hydrogens (tertiary/aromatic N) is 2. The number of Topliss-reactive ketones (excluding diaryl/α,β-unsaturated/α-hetero) is 1. The Hall–Kier alpha value is -2.51. The van der Waals surface area contributed by atoms with Crippen LogP contribution in [0.25, 0.3) is 0 Å². The van der Waals surface area contributed by atoms with E-state index >= 15 is 0 Å². The van der Waals surface area contributed by atoms with Crippen LogP contribution >= 0.6 is 0 Å². The van der Waals surface area contributed by atoms with Crippen molar-refractivity contribution in [3.63, 3.8) is 0 Å². The molecule has 0 spiro atoms. The van der Waals surface area contributed by atoms with Crippen molar-refractivity contribution in [3.05, 3.63) is 50.1 Å². The molecule has 0 aromatic heterocycles. The highest BCUT2D eigenvalue weighted by molar-refractivity contribution is 5.97. The minimum absolute atomic E-state index is 0.118. The van der Waals surface area contributed by atoms with E-state index in [1.807, 2.05) is 0 Å². The largest absolute Gasteiger partial charge is 0.306 e. The Kier molecular flexibility index (Phi) is 3.49. The number of nitro groups is 1. The SMILES string of the molecule is O=C(CO[N+](=O)[O-])c1ccc([N+](=O)[O-])cc1. The van der Waals surface area contributed by atoms with Gasteiger partial charge in [0.2, 0.25) is 0 Å². The molecule has 8 nitrogen and oxygen atoms in total. The van der Waals surface area contributed by atoms with Crippen molar-refractivity contribution < 1.29 is 19.6 Å². The summed E-state index contributed by atoms with van der Waals surface area (Å²) in [5, 5.41) is 19.0. The molecule has 8 heteroatoms. The van der Waals surface area contributed by atoms with E-state index in [-0.39, 0.29) is 11.3 Å². The molecule has 0 N–H and O–H groups in total. The van der Waals surface area contributed by atoms with E-state index in [1.165, 1.54) is 12.1 Å². The van der Waals surface area contributed by atoms with Gasteiger partial charge in [-0.05, 0) is 12.1 Å². The number of carbonyl (C=O) groups is 1. The Labute approximate surface area is 88.7 Å². The van der Waals surface area contributed by atoms with E-state index in [9.17, 15) is 25.0 Å². The Morgan fingerprint density at radius 3 is 2.19 bits per heavy atom. The van der Waals surface area contributed by atoms with Crippen LogP contribution in [0, 0.1) is 20.2 Å². The first-order valence-corrected chi connectivity index (χ1v) is 4.05. The average Bonchev–Trinajstić information content (AvgIpc) is 2.26. The number of benzene rings is 1. The predicted molar refractivity (Wildman–Crippen MR) is 50.4 cm³/mol. The van der Waals surface area contributed by atoms with Gasteiger partial charge in [0.15, 0.2) is 12.4 Å². The maximum Gasteiger partial charge on any atom is 0.294 e. The molecule has 0 unspecified atom stereocenters. The Morgan fingerprint density at radius 2 is 1.75 bits per heavy atom. The fourth-order valence-corrected chi connectivity index (χ4v) is 0.964. The van der Waals surface area contributed by atoms with Crippen molar-refractivity contribution >= 4 is 11.5 Å². The smallest absolute Gasteiger partial charge is 0.294 e. The van der Waals surface area contributed by atoms with Gasteiger partial charge < -0.3 is 4.84 Å². The number of nitro benzene ring substituents is 1. The first kappa shape index (κ1) is 11.6. The number of ketones is 1. The van der Waals surface area contributed by atoms with Gasteiger partial charge in [0.25, 0.3) is 10.8 Å². The molecule has 84 valence electrons.